The standard InChI is InChI=1S/C15H21NO4/c1-10-4-5-13(12(6-10)14(18)19)16-7-11(8-17)20-15(2,3)9-16/h4-6,11,17H,7-9H2,1-3H3,(H,18,19). The first-order valence-corrected chi connectivity index (χ1v) is 6.70. The van der Waals surface area contributed by atoms with Crippen LogP contribution in [-0.2, 0) is 4.74 Å². The van der Waals surface area contributed by atoms with E-state index in [4.69, 9.17) is 4.74 Å². The highest BCUT2D eigenvalue weighted by atomic mass is 16.5. The van der Waals surface area contributed by atoms with Crippen molar-refractivity contribution in [3.63, 3.8) is 0 Å². The fourth-order valence-corrected chi connectivity index (χ4v) is 2.67. The van der Waals surface area contributed by atoms with E-state index in [9.17, 15) is 15.0 Å². The van der Waals surface area contributed by atoms with Gasteiger partial charge < -0.3 is 19.8 Å². The maximum absolute atomic E-state index is 11.4. The minimum Gasteiger partial charge on any atom is -0.478 e. The minimum absolute atomic E-state index is 0.0752. The third kappa shape index (κ3) is 3.11. The number of nitrogens with zero attached hydrogens (tertiary/aromatic N) is 1. The monoisotopic (exact) mass is 279 g/mol. The maximum Gasteiger partial charge on any atom is 0.337 e. The Morgan fingerprint density at radius 2 is 2.20 bits per heavy atom. The van der Waals surface area contributed by atoms with Gasteiger partial charge in [0.05, 0.1) is 29.6 Å². The SMILES string of the molecule is Cc1ccc(N2CC(CO)OC(C)(C)C2)c(C(=O)O)c1. The van der Waals surface area contributed by atoms with Gasteiger partial charge in [0.15, 0.2) is 0 Å². The minimum atomic E-state index is -0.937. The van der Waals surface area contributed by atoms with Crippen LogP contribution in [0.3, 0.4) is 0 Å². The van der Waals surface area contributed by atoms with Gasteiger partial charge in [-0.25, -0.2) is 4.79 Å². The van der Waals surface area contributed by atoms with E-state index in [0.717, 1.165) is 5.56 Å². The van der Waals surface area contributed by atoms with Crippen LogP contribution < -0.4 is 4.90 Å². The largest absolute Gasteiger partial charge is 0.478 e. The molecule has 1 aromatic rings. The molecule has 0 saturated carbocycles. The average Bonchev–Trinajstić information content (AvgIpc) is 2.36. The van der Waals surface area contributed by atoms with E-state index >= 15 is 0 Å². The molecule has 2 rings (SSSR count). The van der Waals surface area contributed by atoms with Gasteiger partial charge in [0.2, 0.25) is 0 Å². The lowest BCUT2D eigenvalue weighted by Gasteiger charge is -2.43. The molecule has 1 heterocycles. The van der Waals surface area contributed by atoms with E-state index in [1.807, 2.05) is 37.8 Å². The molecular formula is C15H21NO4. The number of aryl methyl sites for hydroxylation is 1. The molecule has 1 unspecified atom stereocenters. The van der Waals surface area contributed by atoms with Crippen LogP contribution in [0.25, 0.3) is 0 Å². The highest BCUT2D eigenvalue weighted by Gasteiger charge is 2.34. The zero-order valence-electron chi connectivity index (χ0n) is 12.1. The number of carboxylic acid groups (broad SMARTS) is 1. The fourth-order valence-electron chi connectivity index (χ4n) is 2.67. The highest BCUT2D eigenvalue weighted by Crippen LogP contribution is 2.29. The summed E-state index contributed by atoms with van der Waals surface area (Å²) in [5, 5.41) is 18.7. The second-order valence-electron chi connectivity index (χ2n) is 5.89. The second-order valence-corrected chi connectivity index (χ2v) is 5.89. The summed E-state index contributed by atoms with van der Waals surface area (Å²) in [7, 11) is 0. The molecule has 1 fully saturated rings. The predicted octanol–water partition coefficient (Wildman–Crippen LogP) is 1.67. The summed E-state index contributed by atoms with van der Waals surface area (Å²) in [6, 6.07) is 5.40. The molecule has 0 spiro atoms. The van der Waals surface area contributed by atoms with Crippen LogP contribution in [0.1, 0.15) is 29.8 Å². The first kappa shape index (κ1) is 14.8. The smallest absolute Gasteiger partial charge is 0.337 e. The molecule has 1 aliphatic heterocycles. The third-order valence-corrected chi connectivity index (χ3v) is 3.41. The van der Waals surface area contributed by atoms with Gasteiger partial charge in [-0.15, -0.1) is 0 Å². The molecule has 1 saturated heterocycles. The van der Waals surface area contributed by atoms with Crippen LogP contribution in [0.5, 0.6) is 0 Å². The molecule has 110 valence electrons. The van der Waals surface area contributed by atoms with Gasteiger partial charge in [-0.2, -0.15) is 0 Å². The van der Waals surface area contributed by atoms with Crippen molar-refractivity contribution in [2.75, 3.05) is 24.6 Å². The number of morpholine rings is 1. The van der Waals surface area contributed by atoms with Crippen LogP contribution >= 0.6 is 0 Å². The molecular weight excluding hydrogens is 258 g/mol. The number of hydrogen-bond donors (Lipinski definition) is 2. The quantitative estimate of drug-likeness (QED) is 0.880. The number of rotatable bonds is 3. The van der Waals surface area contributed by atoms with Crippen molar-refractivity contribution in [2.24, 2.45) is 0 Å². The van der Waals surface area contributed by atoms with E-state index < -0.39 is 11.6 Å². The van der Waals surface area contributed by atoms with Crippen molar-refractivity contribution in [3.8, 4) is 0 Å². The number of aromatic carboxylic acids is 1. The van der Waals surface area contributed by atoms with Gasteiger partial charge in [-0.05, 0) is 32.9 Å². The Morgan fingerprint density at radius 1 is 1.50 bits per heavy atom. The van der Waals surface area contributed by atoms with E-state index in [2.05, 4.69) is 0 Å². The van der Waals surface area contributed by atoms with Crippen molar-refractivity contribution in [2.45, 2.75) is 32.5 Å². The van der Waals surface area contributed by atoms with Crippen LogP contribution in [0.4, 0.5) is 5.69 Å². The summed E-state index contributed by atoms with van der Waals surface area (Å²) in [5.41, 5.74) is 1.46. The van der Waals surface area contributed by atoms with Gasteiger partial charge in [-0.1, -0.05) is 11.6 Å². The van der Waals surface area contributed by atoms with Crippen LogP contribution in [-0.4, -0.2) is 47.6 Å². The Hall–Kier alpha value is -1.59. The number of carbonyl (C=O) groups is 1. The lowest BCUT2D eigenvalue weighted by molar-refractivity contribution is -0.101. The zero-order chi connectivity index (χ0) is 14.9. The van der Waals surface area contributed by atoms with Crippen molar-refractivity contribution >= 4 is 11.7 Å². The summed E-state index contributed by atoms with van der Waals surface area (Å²) >= 11 is 0. The van der Waals surface area contributed by atoms with E-state index in [-0.39, 0.29) is 12.7 Å². The van der Waals surface area contributed by atoms with Gasteiger partial charge in [0, 0.05) is 13.1 Å². The first-order chi connectivity index (χ1) is 9.32. The average molecular weight is 279 g/mol. The molecule has 20 heavy (non-hydrogen) atoms. The van der Waals surface area contributed by atoms with Gasteiger partial charge in [-0.3, -0.25) is 0 Å². The van der Waals surface area contributed by atoms with Crippen LogP contribution in [0.2, 0.25) is 0 Å². The van der Waals surface area contributed by atoms with E-state index in [0.29, 0.717) is 24.3 Å². The zero-order valence-corrected chi connectivity index (χ0v) is 12.1. The molecule has 5 heteroatoms. The van der Waals surface area contributed by atoms with Gasteiger partial charge in [0.1, 0.15) is 0 Å². The summed E-state index contributed by atoms with van der Waals surface area (Å²) < 4.78 is 5.76. The highest BCUT2D eigenvalue weighted by molar-refractivity contribution is 5.94. The van der Waals surface area contributed by atoms with Crippen LogP contribution in [0, 0.1) is 6.92 Å². The number of benzene rings is 1. The molecule has 0 aliphatic carbocycles. The third-order valence-electron chi connectivity index (χ3n) is 3.41. The molecule has 0 bridgehead atoms. The molecule has 5 nitrogen and oxygen atoms in total. The van der Waals surface area contributed by atoms with Crippen molar-refractivity contribution in [1.82, 2.24) is 0 Å². The van der Waals surface area contributed by atoms with Gasteiger partial charge in [0.25, 0.3) is 0 Å². The maximum atomic E-state index is 11.4. The lowest BCUT2D eigenvalue weighted by atomic mass is 10.0. The van der Waals surface area contributed by atoms with Crippen molar-refractivity contribution in [3.05, 3.63) is 29.3 Å². The van der Waals surface area contributed by atoms with Crippen molar-refractivity contribution in [1.29, 1.82) is 0 Å². The normalized spacial score (nSPS) is 21.8. The summed E-state index contributed by atoms with van der Waals surface area (Å²) in [4.78, 5) is 13.4. The van der Waals surface area contributed by atoms with Crippen molar-refractivity contribution < 1.29 is 19.7 Å². The summed E-state index contributed by atoms with van der Waals surface area (Å²) in [6.07, 6.45) is -0.304. The Balaban J connectivity index is 2.37. The van der Waals surface area contributed by atoms with E-state index in [1.54, 1.807) is 6.07 Å². The molecule has 0 aromatic heterocycles. The number of ether oxygens (including phenoxy) is 1. The van der Waals surface area contributed by atoms with Crippen LogP contribution in [0.15, 0.2) is 18.2 Å². The molecule has 1 aromatic carbocycles. The summed E-state index contributed by atoms with van der Waals surface area (Å²) in [5.74, 6) is -0.937. The predicted molar refractivity (Wildman–Crippen MR) is 76.4 cm³/mol. The Bertz CT molecular complexity index is 513. The number of aliphatic hydroxyl groups excluding tert-OH is 1. The van der Waals surface area contributed by atoms with E-state index in [1.165, 1.54) is 0 Å². The number of anilines is 1. The Kier molecular flexibility index (Phi) is 4.01. The molecule has 2 N–H and O–H groups in total. The molecule has 1 aliphatic rings. The molecule has 1 atom stereocenters. The molecule has 0 amide bonds. The topological polar surface area (TPSA) is 70.0 Å². The number of hydrogen-bond acceptors (Lipinski definition) is 4. The first-order valence-electron chi connectivity index (χ1n) is 6.70. The number of carboxylic acids is 1. The number of aliphatic hydroxyl groups is 1. The van der Waals surface area contributed by atoms with Gasteiger partial charge >= 0.3 is 5.97 Å². The lowest BCUT2D eigenvalue weighted by Crippen LogP contribution is -2.54. The second kappa shape index (κ2) is 5.42. The summed E-state index contributed by atoms with van der Waals surface area (Å²) in [6.45, 7) is 6.76. The Morgan fingerprint density at radius 3 is 2.80 bits per heavy atom. The fraction of sp³-hybridized carbons (Fsp3) is 0.533. The molecule has 0 radical (unpaired) electrons. The Labute approximate surface area is 118 Å².